The van der Waals surface area contributed by atoms with Gasteiger partial charge < -0.3 is 9.88 Å². The third-order valence-corrected chi connectivity index (χ3v) is 3.71. The zero-order chi connectivity index (χ0) is 13.5. The van der Waals surface area contributed by atoms with Gasteiger partial charge in [-0.15, -0.1) is 0 Å². The molecular formula is C15H26N4. The second-order valence-electron chi connectivity index (χ2n) is 5.61. The molecule has 4 heteroatoms. The molecule has 19 heavy (non-hydrogen) atoms. The van der Waals surface area contributed by atoms with Gasteiger partial charge in [0, 0.05) is 38.1 Å². The predicted octanol–water partition coefficient (Wildman–Crippen LogP) is 1.90. The van der Waals surface area contributed by atoms with E-state index in [1.54, 1.807) is 0 Å². The number of likely N-dealkylation sites (tertiary alicyclic amines) is 1. The van der Waals surface area contributed by atoms with Crippen LogP contribution < -0.4 is 5.32 Å². The molecule has 1 aliphatic heterocycles. The molecule has 0 aromatic carbocycles. The number of imidazole rings is 1. The van der Waals surface area contributed by atoms with Crippen molar-refractivity contribution in [3.8, 4) is 0 Å². The number of rotatable bonds is 6. The van der Waals surface area contributed by atoms with Crippen LogP contribution in [-0.4, -0.2) is 46.7 Å². The lowest BCUT2D eigenvalue weighted by Gasteiger charge is -2.31. The van der Waals surface area contributed by atoms with E-state index in [0.29, 0.717) is 6.04 Å². The van der Waals surface area contributed by atoms with E-state index in [0.717, 1.165) is 19.6 Å². The van der Waals surface area contributed by atoms with Crippen molar-refractivity contribution in [2.45, 2.75) is 39.3 Å². The van der Waals surface area contributed by atoms with Crippen LogP contribution in [0, 0.1) is 0 Å². The summed E-state index contributed by atoms with van der Waals surface area (Å²) < 4.78 is 2.12. The van der Waals surface area contributed by atoms with Crippen LogP contribution in [-0.2, 0) is 6.54 Å². The van der Waals surface area contributed by atoms with Gasteiger partial charge in [0.05, 0.1) is 6.33 Å². The minimum absolute atomic E-state index is 0.687. The van der Waals surface area contributed by atoms with E-state index < -0.39 is 0 Å². The van der Waals surface area contributed by atoms with Crippen LogP contribution in [0.1, 0.15) is 26.7 Å². The van der Waals surface area contributed by atoms with Crippen molar-refractivity contribution in [2.75, 3.05) is 26.2 Å². The Morgan fingerprint density at radius 2 is 2.16 bits per heavy atom. The van der Waals surface area contributed by atoms with E-state index >= 15 is 0 Å². The lowest BCUT2D eigenvalue weighted by Crippen LogP contribution is -2.43. The molecule has 1 aliphatic rings. The number of hydrogen-bond donors (Lipinski definition) is 1. The van der Waals surface area contributed by atoms with Crippen LogP contribution >= 0.6 is 0 Å². The van der Waals surface area contributed by atoms with Gasteiger partial charge in [-0.2, -0.15) is 0 Å². The van der Waals surface area contributed by atoms with Crippen molar-refractivity contribution in [3.05, 3.63) is 30.4 Å². The molecular weight excluding hydrogens is 236 g/mol. The van der Waals surface area contributed by atoms with Crippen LogP contribution in [0.2, 0.25) is 0 Å². The number of hydrogen-bond acceptors (Lipinski definition) is 3. The van der Waals surface area contributed by atoms with E-state index in [4.69, 9.17) is 0 Å². The zero-order valence-electron chi connectivity index (χ0n) is 12.2. The Hall–Kier alpha value is -1.13. The molecule has 106 valence electrons. The molecule has 1 aromatic heterocycles. The zero-order valence-corrected chi connectivity index (χ0v) is 12.2. The summed E-state index contributed by atoms with van der Waals surface area (Å²) in [6.07, 6.45) is 10.6. The summed E-state index contributed by atoms with van der Waals surface area (Å²) in [4.78, 5) is 6.60. The smallest absolute Gasteiger partial charge is 0.0946 e. The maximum atomic E-state index is 4.06. The summed E-state index contributed by atoms with van der Waals surface area (Å²) in [5, 5.41) is 3.65. The van der Waals surface area contributed by atoms with Crippen molar-refractivity contribution in [2.24, 2.45) is 0 Å². The van der Waals surface area contributed by atoms with Gasteiger partial charge in [-0.3, -0.25) is 4.90 Å². The topological polar surface area (TPSA) is 33.1 Å². The maximum absolute atomic E-state index is 4.06. The second kappa shape index (κ2) is 7.46. The lowest BCUT2D eigenvalue weighted by atomic mass is 10.0. The van der Waals surface area contributed by atoms with E-state index in [2.05, 4.69) is 39.7 Å². The molecule has 2 rings (SSSR count). The standard InChI is InChI=1S/C15H26N4/c1-14(2)3-8-18-9-4-15(5-10-18)17-7-12-19-11-6-16-13-19/h3,6,11,13,15,17H,4-5,7-10,12H2,1-2H3. The molecule has 0 unspecified atom stereocenters. The molecule has 4 nitrogen and oxygen atoms in total. The lowest BCUT2D eigenvalue weighted by molar-refractivity contribution is 0.214. The highest BCUT2D eigenvalue weighted by atomic mass is 15.1. The average molecular weight is 262 g/mol. The van der Waals surface area contributed by atoms with Crippen molar-refractivity contribution in [1.29, 1.82) is 0 Å². The summed E-state index contributed by atoms with van der Waals surface area (Å²) in [5.74, 6) is 0. The number of nitrogens with one attached hydrogen (secondary N) is 1. The summed E-state index contributed by atoms with van der Waals surface area (Å²) in [6, 6.07) is 0.687. The SMILES string of the molecule is CC(C)=CCN1CCC(NCCn2ccnc2)CC1. The van der Waals surface area contributed by atoms with Gasteiger partial charge in [-0.25, -0.2) is 4.98 Å². The monoisotopic (exact) mass is 262 g/mol. The van der Waals surface area contributed by atoms with Gasteiger partial charge in [0.2, 0.25) is 0 Å². The highest BCUT2D eigenvalue weighted by molar-refractivity contribution is 4.95. The van der Waals surface area contributed by atoms with Crippen molar-refractivity contribution < 1.29 is 0 Å². The van der Waals surface area contributed by atoms with Crippen LogP contribution in [0.5, 0.6) is 0 Å². The van der Waals surface area contributed by atoms with E-state index in [1.165, 1.54) is 31.5 Å². The van der Waals surface area contributed by atoms with Gasteiger partial charge in [-0.1, -0.05) is 11.6 Å². The van der Waals surface area contributed by atoms with Gasteiger partial charge in [0.15, 0.2) is 0 Å². The van der Waals surface area contributed by atoms with Crippen molar-refractivity contribution in [1.82, 2.24) is 19.8 Å². The Labute approximate surface area is 116 Å². The molecule has 0 atom stereocenters. The first kappa shape index (κ1) is 14.3. The molecule has 0 bridgehead atoms. The highest BCUT2D eigenvalue weighted by Crippen LogP contribution is 2.10. The normalized spacial score (nSPS) is 17.6. The van der Waals surface area contributed by atoms with Gasteiger partial charge in [-0.05, 0) is 39.8 Å². The Bertz CT molecular complexity index is 371. The fourth-order valence-electron chi connectivity index (χ4n) is 2.45. The average Bonchev–Trinajstić information content (AvgIpc) is 2.91. The summed E-state index contributed by atoms with van der Waals surface area (Å²) in [6.45, 7) is 9.94. The number of nitrogens with zero attached hydrogens (tertiary/aromatic N) is 3. The number of piperidine rings is 1. The molecule has 0 saturated carbocycles. The number of aromatic nitrogens is 2. The Morgan fingerprint density at radius 3 is 2.79 bits per heavy atom. The second-order valence-corrected chi connectivity index (χ2v) is 5.61. The molecule has 0 amide bonds. The highest BCUT2D eigenvalue weighted by Gasteiger charge is 2.17. The van der Waals surface area contributed by atoms with Crippen molar-refractivity contribution in [3.63, 3.8) is 0 Å². The minimum Gasteiger partial charge on any atom is -0.336 e. The first-order valence-corrected chi connectivity index (χ1v) is 7.29. The number of allylic oxidation sites excluding steroid dienone is 1. The van der Waals surface area contributed by atoms with E-state index in [9.17, 15) is 0 Å². The third kappa shape index (κ3) is 5.17. The molecule has 1 aromatic rings. The molecule has 1 fully saturated rings. The maximum Gasteiger partial charge on any atom is 0.0946 e. The van der Waals surface area contributed by atoms with Gasteiger partial charge in [0.1, 0.15) is 0 Å². The molecule has 1 N–H and O–H groups in total. The third-order valence-electron chi connectivity index (χ3n) is 3.71. The molecule has 1 saturated heterocycles. The van der Waals surface area contributed by atoms with Crippen LogP contribution in [0.25, 0.3) is 0 Å². The Kier molecular flexibility index (Phi) is 5.61. The minimum atomic E-state index is 0.687. The predicted molar refractivity (Wildman–Crippen MR) is 79.1 cm³/mol. The molecule has 2 heterocycles. The molecule has 0 aliphatic carbocycles. The first-order valence-electron chi connectivity index (χ1n) is 7.29. The largest absolute Gasteiger partial charge is 0.336 e. The first-order chi connectivity index (χ1) is 9.24. The quantitative estimate of drug-likeness (QED) is 0.795. The summed E-state index contributed by atoms with van der Waals surface area (Å²) in [7, 11) is 0. The fourth-order valence-corrected chi connectivity index (χ4v) is 2.45. The summed E-state index contributed by atoms with van der Waals surface area (Å²) >= 11 is 0. The Balaban J connectivity index is 1.59. The fraction of sp³-hybridized carbons (Fsp3) is 0.667. The van der Waals surface area contributed by atoms with E-state index in [-0.39, 0.29) is 0 Å². The summed E-state index contributed by atoms with van der Waals surface area (Å²) in [5.41, 5.74) is 1.42. The van der Waals surface area contributed by atoms with Crippen LogP contribution in [0.4, 0.5) is 0 Å². The van der Waals surface area contributed by atoms with Gasteiger partial charge >= 0.3 is 0 Å². The van der Waals surface area contributed by atoms with Crippen LogP contribution in [0.15, 0.2) is 30.4 Å². The Morgan fingerprint density at radius 1 is 1.37 bits per heavy atom. The van der Waals surface area contributed by atoms with Gasteiger partial charge in [0.25, 0.3) is 0 Å². The molecule has 0 spiro atoms. The van der Waals surface area contributed by atoms with Crippen molar-refractivity contribution >= 4 is 0 Å². The van der Waals surface area contributed by atoms with E-state index in [1.807, 2.05) is 18.7 Å². The van der Waals surface area contributed by atoms with Crippen LogP contribution in [0.3, 0.4) is 0 Å². The molecule has 0 radical (unpaired) electrons.